The summed E-state index contributed by atoms with van der Waals surface area (Å²) in [6.45, 7) is 3.68. The van der Waals surface area contributed by atoms with Crippen LogP contribution in [-0.2, 0) is 0 Å². The second kappa shape index (κ2) is 4.71. The standard InChI is InChI=1S/C12H17N3O2/c1-9-4-5-11(15(16)17)7-12(9)14-6-2-3-10(13)8-14/h4-5,7,10H,2-3,6,8,13H2,1H3/t10-/m1/s1. The Morgan fingerprint density at radius 2 is 2.29 bits per heavy atom. The van der Waals surface area contributed by atoms with Crippen molar-refractivity contribution in [3.8, 4) is 0 Å². The highest BCUT2D eigenvalue weighted by Gasteiger charge is 2.20. The molecule has 1 saturated heterocycles. The van der Waals surface area contributed by atoms with Crippen LogP contribution in [0.25, 0.3) is 0 Å². The Balaban J connectivity index is 2.29. The predicted octanol–water partition coefficient (Wildman–Crippen LogP) is 1.83. The quantitative estimate of drug-likeness (QED) is 0.627. The fourth-order valence-corrected chi connectivity index (χ4v) is 2.28. The summed E-state index contributed by atoms with van der Waals surface area (Å²) < 4.78 is 0. The summed E-state index contributed by atoms with van der Waals surface area (Å²) in [5, 5.41) is 10.8. The first kappa shape index (κ1) is 11.9. The summed E-state index contributed by atoms with van der Waals surface area (Å²) in [6.07, 6.45) is 2.08. The van der Waals surface area contributed by atoms with Gasteiger partial charge in [0.15, 0.2) is 0 Å². The molecular formula is C12H17N3O2. The molecule has 0 saturated carbocycles. The van der Waals surface area contributed by atoms with Crippen molar-refractivity contribution in [3.63, 3.8) is 0 Å². The Morgan fingerprint density at radius 1 is 1.53 bits per heavy atom. The Labute approximate surface area is 100 Å². The lowest BCUT2D eigenvalue weighted by Crippen LogP contribution is -2.43. The number of nitrogens with zero attached hydrogens (tertiary/aromatic N) is 2. The van der Waals surface area contributed by atoms with Gasteiger partial charge in [0.05, 0.1) is 4.92 Å². The van der Waals surface area contributed by atoms with Crippen molar-refractivity contribution in [2.75, 3.05) is 18.0 Å². The smallest absolute Gasteiger partial charge is 0.271 e. The average Bonchev–Trinajstić information content (AvgIpc) is 2.29. The minimum absolute atomic E-state index is 0.143. The lowest BCUT2D eigenvalue weighted by atomic mass is 10.0. The van der Waals surface area contributed by atoms with Crippen LogP contribution in [0.15, 0.2) is 18.2 Å². The second-order valence-electron chi connectivity index (χ2n) is 4.58. The maximum Gasteiger partial charge on any atom is 0.271 e. The molecule has 92 valence electrons. The molecule has 2 rings (SSSR count). The molecule has 0 unspecified atom stereocenters. The van der Waals surface area contributed by atoms with Crippen molar-refractivity contribution in [2.45, 2.75) is 25.8 Å². The molecule has 5 nitrogen and oxygen atoms in total. The van der Waals surface area contributed by atoms with Crippen LogP contribution in [0.4, 0.5) is 11.4 Å². The topological polar surface area (TPSA) is 72.4 Å². The maximum absolute atomic E-state index is 10.8. The molecular weight excluding hydrogens is 218 g/mol. The van der Waals surface area contributed by atoms with Gasteiger partial charge in [0.1, 0.15) is 0 Å². The molecule has 0 aliphatic carbocycles. The number of non-ortho nitro benzene ring substituents is 1. The zero-order valence-corrected chi connectivity index (χ0v) is 9.93. The highest BCUT2D eigenvalue weighted by Crippen LogP contribution is 2.27. The monoisotopic (exact) mass is 235 g/mol. The van der Waals surface area contributed by atoms with Gasteiger partial charge >= 0.3 is 0 Å². The summed E-state index contributed by atoms with van der Waals surface area (Å²) in [4.78, 5) is 12.6. The molecule has 1 aliphatic heterocycles. The Hall–Kier alpha value is -1.62. The van der Waals surface area contributed by atoms with Gasteiger partial charge in [-0.1, -0.05) is 6.07 Å². The third-order valence-electron chi connectivity index (χ3n) is 3.20. The van der Waals surface area contributed by atoms with Crippen LogP contribution in [0.5, 0.6) is 0 Å². The third kappa shape index (κ3) is 2.55. The summed E-state index contributed by atoms with van der Waals surface area (Å²) in [7, 11) is 0. The molecule has 0 aromatic heterocycles. The molecule has 0 bridgehead atoms. The van der Waals surface area contributed by atoms with Gasteiger partial charge in [-0.15, -0.1) is 0 Å². The van der Waals surface area contributed by atoms with E-state index < -0.39 is 0 Å². The van der Waals surface area contributed by atoms with Crippen molar-refractivity contribution in [3.05, 3.63) is 33.9 Å². The molecule has 1 aromatic carbocycles. The summed E-state index contributed by atoms with van der Waals surface area (Å²) in [5.74, 6) is 0. The zero-order valence-electron chi connectivity index (χ0n) is 9.93. The fourth-order valence-electron chi connectivity index (χ4n) is 2.28. The van der Waals surface area contributed by atoms with E-state index >= 15 is 0 Å². The van der Waals surface area contributed by atoms with E-state index in [1.807, 2.05) is 6.92 Å². The molecule has 1 aromatic rings. The van der Waals surface area contributed by atoms with Gasteiger partial charge in [-0.25, -0.2) is 0 Å². The predicted molar refractivity (Wildman–Crippen MR) is 67.3 cm³/mol. The van der Waals surface area contributed by atoms with Gasteiger partial charge in [0.25, 0.3) is 5.69 Å². The van der Waals surface area contributed by atoms with Gasteiger partial charge in [-0.05, 0) is 25.3 Å². The first-order valence-corrected chi connectivity index (χ1v) is 5.83. The van der Waals surface area contributed by atoms with Crippen LogP contribution in [-0.4, -0.2) is 24.1 Å². The van der Waals surface area contributed by atoms with Crippen LogP contribution in [0, 0.1) is 17.0 Å². The minimum Gasteiger partial charge on any atom is -0.370 e. The van der Waals surface area contributed by atoms with E-state index in [1.54, 1.807) is 18.2 Å². The minimum atomic E-state index is -0.354. The molecule has 2 N–H and O–H groups in total. The van der Waals surface area contributed by atoms with E-state index in [1.165, 1.54) is 0 Å². The number of anilines is 1. The highest BCUT2D eigenvalue weighted by atomic mass is 16.6. The molecule has 1 aliphatic rings. The normalized spacial score (nSPS) is 20.4. The Morgan fingerprint density at radius 3 is 2.94 bits per heavy atom. The first-order chi connectivity index (χ1) is 8.08. The number of nitro groups is 1. The molecule has 0 radical (unpaired) electrons. The number of benzene rings is 1. The van der Waals surface area contributed by atoms with Crippen LogP contribution in [0.2, 0.25) is 0 Å². The van der Waals surface area contributed by atoms with E-state index in [0.717, 1.165) is 37.2 Å². The van der Waals surface area contributed by atoms with Crippen LogP contribution in [0.1, 0.15) is 18.4 Å². The molecule has 1 heterocycles. The lowest BCUT2D eigenvalue weighted by Gasteiger charge is -2.33. The number of hydrogen-bond donors (Lipinski definition) is 1. The summed E-state index contributed by atoms with van der Waals surface area (Å²) >= 11 is 0. The van der Waals surface area contributed by atoms with E-state index in [9.17, 15) is 10.1 Å². The molecule has 1 fully saturated rings. The van der Waals surface area contributed by atoms with Gasteiger partial charge in [0, 0.05) is 37.0 Å². The first-order valence-electron chi connectivity index (χ1n) is 5.83. The van der Waals surface area contributed by atoms with Gasteiger partial charge in [-0.3, -0.25) is 10.1 Å². The van der Waals surface area contributed by atoms with Crippen molar-refractivity contribution in [1.29, 1.82) is 0 Å². The fraction of sp³-hybridized carbons (Fsp3) is 0.500. The summed E-state index contributed by atoms with van der Waals surface area (Å²) in [5.41, 5.74) is 8.08. The molecule has 17 heavy (non-hydrogen) atoms. The summed E-state index contributed by atoms with van der Waals surface area (Å²) in [6, 6.07) is 5.16. The number of nitro benzene ring substituents is 1. The number of piperidine rings is 1. The van der Waals surface area contributed by atoms with Crippen LogP contribution < -0.4 is 10.6 Å². The van der Waals surface area contributed by atoms with E-state index in [2.05, 4.69) is 4.90 Å². The van der Waals surface area contributed by atoms with Crippen LogP contribution >= 0.6 is 0 Å². The number of aryl methyl sites for hydroxylation is 1. The van der Waals surface area contributed by atoms with Crippen molar-refractivity contribution >= 4 is 11.4 Å². The lowest BCUT2D eigenvalue weighted by molar-refractivity contribution is -0.384. The van der Waals surface area contributed by atoms with Crippen molar-refractivity contribution < 1.29 is 4.92 Å². The Bertz CT molecular complexity index is 434. The molecule has 1 atom stereocenters. The Kier molecular flexibility index (Phi) is 3.28. The van der Waals surface area contributed by atoms with E-state index in [4.69, 9.17) is 5.73 Å². The maximum atomic E-state index is 10.8. The zero-order chi connectivity index (χ0) is 12.4. The SMILES string of the molecule is Cc1ccc([N+](=O)[O-])cc1N1CCC[C@@H](N)C1. The second-order valence-corrected chi connectivity index (χ2v) is 4.58. The molecule has 0 spiro atoms. The number of rotatable bonds is 2. The van der Waals surface area contributed by atoms with E-state index in [0.29, 0.717) is 0 Å². The third-order valence-corrected chi connectivity index (χ3v) is 3.20. The van der Waals surface area contributed by atoms with Gasteiger partial charge in [-0.2, -0.15) is 0 Å². The van der Waals surface area contributed by atoms with Crippen molar-refractivity contribution in [2.24, 2.45) is 5.73 Å². The molecule has 5 heteroatoms. The average molecular weight is 235 g/mol. The highest BCUT2D eigenvalue weighted by molar-refractivity contribution is 5.59. The van der Waals surface area contributed by atoms with Gasteiger partial charge in [0.2, 0.25) is 0 Å². The number of hydrogen-bond acceptors (Lipinski definition) is 4. The van der Waals surface area contributed by atoms with Gasteiger partial charge < -0.3 is 10.6 Å². The van der Waals surface area contributed by atoms with Crippen molar-refractivity contribution in [1.82, 2.24) is 0 Å². The molecule has 0 amide bonds. The van der Waals surface area contributed by atoms with E-state index in [-0.39, 0.29) is 16.7 Å². The van der Waals surface area contributed by atoms with Crippen LogP contribution in [0.3, 0.4) is 0 Å². The number of nitrogens with two attached hydrogens (primary N) is 1. The largest absolute Gasteiger partial charge is 0.370 e.